The number of nitrogens with zero attached hydrogens (tertiary/aromatic N) is 1. The van der Waals surface area contributed by atoms with E-state index in [4.69, 9.17) is 5.11 Å². The van der Waals surface area contributed by atoms with Crippen LogP contribution in [0.15, 0.2) is 18.2 Å². The Hall–Kier alpha value is -1.82. The van der Waals surface area contributed by atoms with Crippen LogP contribution in [0.4, 0.5) is 23.2 Å². The van der Waals surface area contributed by atoms with Gasteiger partial charge >= 0.3 is 6.18 Å². The second kappa shape index (κ2) is 8.90. The lowest BCUT2D eigenvalue weighted by atomic mass is 9.88. The molecule has 8 heteroatoms. The number of hydrogen-bond acceptors (Lipinski definition) is 4. The van der Waals surface area contributed by atoms with Gasteiger partial charge in [0.15, 0.2) is 0 Å². The summed E-state index contributed by atoms with van der Waals surface area (Å²) in [6.45, 7) is -0.428. The lowest BCUT2D eigenvalue weighted by Gasteiger charge is -2.37. The predicted octanol–water partition coefficient (Wildman–Crippen LogP) is 4.58. The highest BCUT2D eigenvalue weighted by Crippen LogP contribution is 2.40. The van der Waals surface area contributed by atoms with E-state index in [0.717, 1.165) is 24.2 Å². The van der Waals surface area contributed by atoms with Crippen molar-refractivity contribution >= 4 is 27.1 Å². The number of benzene rings is 1. The third-order valence-corrected chi connectivity index (χ3v) is 6.44. The maximum atomic E-state index is 15.0. The van der Waals surface area contributed by atoms with Crippen LogP contribution in [0.1, 0.15) is 29.7 Å². The minimum Gasteiger partial charge on any atom is -0.384 e. The second-order valence-corrected chi connectivity index (χ2v) is 8.52. The second-order valence-electron chi connectivity index (χ2n) is 7.50. The summed E-state index contributed by atoms with van der Waals surface area (Å²) in [5.74, 6) is 5.09. The highest BCUT2D eigenvalue weighted by atomic mass is 32.1. The fourth-order valence-corrected chi connectivity index (χ4v) is 5.08. The molecule has 3 atom stereocenters. The molecule has 1 aliphatic carbocycles. The molecular formula is C21H24F4N2OS. The van der Waals surface area contributed by atoms with Crippen molar-refractivity contribution < 1.29 is 22.7 Å². The Bertz CT molecular complexity index is 913. The summed E-state index contributed by atoms with van der Waals surface area (Å²) in [7, 11) is 3.71. The first-order valence-corrected chi connectivity index (χ1v) is 10.3. The number of nitrogens with one attached hydrogen (secondary N) is 1. The molecule has 3 nitrogen and oxygen atoms in total. The molecule has 2 N–H and O–H groups in total. The van der Waals surface area contributed by atoms with Gasteiger partial charge in [0.1, 0.15) is 12.8 Å². The molecule has 0 amide bonds. The van der Waals surface area contributed by atoms with Gasteiger partial charge in [-0.1, -0.05) is 24.0 Å². The summed E-state index contributed by atoms with van der Waals surface area (Å²) in [5.41, 5.74) is 0.730. The lowest BCUT2D eigenvalue weighted by Crippen LogP contribution is -2.49. The minimum atomic E-state index is -4.38. The lowest BCUT2D eigenvalue weighted by molar-refractivity contribution is -0.126. The zero-order valence-electron chi connectivity index (χ0n) is 16.3. The Labute approximate surface area is 171 Å². The van der Waals surface area contributed by atoms with Crippen LogP contribution >= 0.6 is 11.3 Å². The van der Waals surface area contributed by atoms with Crippen molar-refractivity contribution in [1.29, 1.82) is 0 Å². The van der Waals surface area contributed by atoms with Gasteiger partial charge in [0.2, 0.25) is 0 Å². The van der Waals surface area contributed by atoms with Gasteiger partial charge in [-0.2, -0.15) is 13.2 Å². The number of thiophene rings is 1. The molecule has 0 aliphatic heterocycles. The third-order valence-electron chi connectivity index (χ3n) is 5.25. The van der Waals surface area contributed by atoms with E-state index in [1.165, 1.54) is 0 Å². The van der Waals surface area contributed by atoms with E-state index < -0.39 is 31.4 Å². The number of hydrogen-bond donors (Lipinski definition) is 2. The summed E-state index contributed by atoms with van der Waals surface area (Å²) in [6, 6.07) is 4.50. The molecule has 3 unspecified atom stereocenters. The maximum absolute atomic E-state index is 15.0. The number of alkyl halides is 4. The number of aliphatic hydroxyl groups is 1. The number of aliphatic hydroxyl groups excluding tert-OH is 1. The summed E-state index contributed by atoms with van der Waals surface area (Å²) >= 11 is 1.15. The topological polar surface area (TPSA) is 35.5 Å². The van der Waals surface area contributed by atoms with Gasteiger partial charge in [0.05, 0.1) is 27.7 Å². The minimum absolute atomic E-state index is 0.105. The van der Waals surface area contributed by atoms with Crippen molar-refractivity contribution in [3.05, 3.63) is 28.6 Å². The Balaban J connectivity index is 1.99. The van der Waals surface area contributed by atoms with E-state index in [-0.39, 0.29) is 16.5 Å². The highest BCUT2D eigenvalue weighted by Gasteiger charge is 2.35. The van der Waals surface area contributed by atoms with Crippen molar-refractivity contribution in [2.75, 3.05) is 26.0 Å². The van der Waals surface area contributed by atoms with Crippen LogP contribution in [0.25, 0.3) is 10.1 Å². The van der Waals surface area contributed by atoms with E-state index >= 15 is 4.39 Å². The van der Waals surface area contributed by atoms with E-state index in [1.807, 2.05) is 19.0 Å². The molecule has 0 spiro atoms. The number of halogens is 4. The zero-order valence-corrected chi connectivity index (χ0v) is 17.1. The molecule has 3 rings (SSSR count). The molecule has 0 saturated heterocycles. The Morgan fingerprint density at radius 3 is 2.69 bits per heavy atom. The summed E-state index contributed by atoms with van der Waals surface area (Å²) in [6.07, 6.45) is -4.21. The van der Waals surface area contributed by atoms with Gasteiger partial charge in [0, 0.05) is 6.04 Å². The van der Waals surface area contributed by atoms with Crippen LogP contribution in [-0.4, -0.2) is 55.1 Å². The van der Waals surface area contributed by atoms with Crippen molar-refractivity contribution in [3.63, 3.8) is 0 Å². The van der Waals surface area contributed by atoms with Crippen molar-refractivity contribution in [2.24, 2.45) is 0 Å². The molecular weight excluding hydrogens is 404 g/mol. The van der Waals surface area contributed by atoms with Crippen LogP contribution in [0.2, 0.25) is 0 Å². The molecule has 1 saturated carbocycles. The Morgan fingerprint density at radius 2 is 2.03 bits per heavy atom. The molecule has 29 heavy (non-hydrogen) atoms. The summed E-state index contributed by atoms with van der Waals surface area (Å²) < 4.78 is 55.0. The monoisotopic (exact) mass is 428 g/mol. The van der Waals surface area contributed by atoms with E-state index in [1.54, 1.807) is 18.2 Å². The molecule has 158 valence electrons. The van der Waals surface area contributed by atoms with E-state index in [0.29, 0.717) is 22.2 Å². The normalized spacial score (nSPS) is 22.6. The highest BCUT2D eigenvalue weighted by molar-refractivity contribution is 7.20. The van der Waals surface area contributed by atoms with Crippen molar-refractivity contribution in [1.82, 2.24) is 4.90 Å². The Morgan fingerprint density at radius 1 is 1.28 bits per heavy atom. The number of anilines is 1. The summed E-state index contributed by atoms with van der Waals surface area (Å²) in [5, 5.41) is 12.7. The molecule has 1 aromatic carbocycles. The van der Waals surface area contributed by atoms with Crippen molar-refractivity contribution in [2.45, 2.75) is 50.1 Å². The maximum Gasteiger partial charge on any atom is 0.393 e. The first-order chi connectivity index (χ1) is 13.7. The largest absolute Gasteiger partial charge is 0.393 e. The molecule has 2 aromatic rings. The third kappa shape index (κ3) is 5.03. The average molecular weight is 428 g/mol. The van der Waals surface area contributed by atoms with Crippen LogP contribution in [0.3, 0.4) is 0 Å². The zero-order chi connectivity index (χ0) is 21.2. The van der Waals surface area contributed by atoms with Gasteiger partial charge in [-0.05, 0) is 50.4 Å². The first kappa shape index (κ1) is 21.9. The molecule has 0 bridgehead atoms. The SMILES string of the molecule is CN(C)C1CCCC(Nc2cccc3c(CC(F)(F)F)c(C#CCO)sc23)C1F. The van der Waals surface area contributed by atoms with Crippen LogP contribution in [0.5, 0.6) is 0 Å². The average Bonchev–Trinajstić information content (AvgIpc) is 2.98. The summed E-state index contributed by atoms with van der Waals surface area (Å²) in [4.78, 5) is 2.17. The van der Waals surface area contributed by atoms with Gasteiger partial charge in [0.25, 0.3) is 0 Å². The van der Waals surface area contributed by atoms with E-state index in [2.05, 4.69) is 17.2 Å². The van der Waals surface area contributed by atoms with E-state index in [9.17, 15) is 13.2 Å². The van der Waals surface area contributed by atoms with Gasteiger partial charge in [-0.15, -0.1) is 11.3 Å². The fraction of sp³-hybridized carbons (Fsp3) is 0.524. The molecule has 1 fully saturated rings. The van der Waals surface area contributed by atoms with Gasteiger partial charge in [-0.3, -0.25) is 0 Å². The van der Waals surface area contributed by atoms with Gasteiger partial charge < -0.3 is 15.3 Å². The fourth-order valence-electron chi connectivity index (χ4n) is 3.91. The quantitative estimate of drug-likeness (QED) is 0.553. The standard InChI is InChI=1S/C21H24F4N2OS/c1-27(2)17-9-4-7-15(19(17)22)26-16-8-3-6-13-14(12-21(23,24)25)18(10-5-11-28)29-20(13)16/h3,6,8,15,17,19,26,28H,4,7,9,11-12H2,1-2H3. The smallest absolute Gasteiger partial charge is 0.384 e. The molecule has 1 heterocycles. The first-order valence-electron chi connectivity index (χ1n) is 9.49. The Kier molecular flexibility index (Phi) is 6.72. The number of rotatable bonds is 4. The van der Waals surface area contributed by atoms with Crippen LogP contribution in [-0.2, 0) is 6.42 Å². The molecule has 0 radical (unpaired) electrons. The molecule has 1 aliphatic rings. The van der Waals surface area contributed by atoms with Crippen LogP contribution in [0, 0.1) is 11.8 Å². The van der Waals surface area contributed by atoms with Crippen molar-refractivity contribution in [3.8, 4) is 11.8 Å². The van der Waals surface area contributed by atoms with Crippen LogP contribution < -0.4 is 5.32 Å². The number of fused-ring (bicyclic) bond motifs is 1. The molecule has 1 aromatic heterocycles. The van der Waals surface area contributed by atoms with Gasteiger partial charge in [-0.25, -0.2) is 4.39 Å². The predicted molar refractivity (Wildman–Crippen MR) is 109 cm³/mol.